The van der Waals surface area contributed by atoms with Gasteiger partial charge in [-0.05, 0) is 50.3 Å². The summed E-state index contributed by atoms with van der Waals surface area (Å²) in [5, 5.41) is 4.99. The van der Waals surface area contributed by atoms with Crippen LogP contribution in [0.1, 0.15) is 50.3 Å². The summed E-state index contributed by atoms with van der Waals surface area (Å²) in [6.45, 7) is 16.2. The van der Waals surface area contributed by atoms with Crippen LogP contribution in [0.5, 0.6) is 0 Å². The fraction of sp³-hybridized carbons (Fsp3) is 0.480. The average molecular weight is 450 g/mol. The molecular weight excluding hydrogens is 417 g/mol. The number of fused-ring (bicyclic) bond motifs is 2. The van der Waals surface area contributed by atoms with E-state index in [0.717, 1.165) is 65.3 Å². The molecule has 7 nitrogen and oxygen atoms in total. The van der Waals surface area contributed by atoms with Crippen LogP contribution < -0.4 is 4.90 Å². The number of halogens is 1. The topological polar surface area (TPSA) is 65.4 Å². The Morgan fingerprint density at radius 1 is 1.00 bits per heavy atom. The molecule has 0 saturated carbocycles. The second-order valence-corrected chi connectivity index (χ2v) is 9.69. The predicted molar refractivity (Wildman–Crippen MR) is 131 cm³/mol. The van der Waals surface area contributed by atoms with Gasteiger partial charge in [0.1, 0.15) is 6.33 Å². The number of aromatic amines is 1. The molecule has 4 aromatic rings. The molecule has 0 amide bonds. The third kappa shape index (κ3) is 3.47. The van der Waals surface area contributed by atoms with Crippen LogP contribution in [-0.4, -0.2) is 61.7 Å². The van der Waals surface area contributed by atoms with E-state index in [-0.39, 0.29) is 11.7 Å². The van der Waals surface area contributed by atoms with Crippen LogP contribution >= 0.6 is 0 Å². The van der Waals surface area contributed by atoms with Gasteiger partial charge in [0.05, 0.1) is 17.4 Å². The molecule has 0 spiro atoms. The molecule has 5 heterocycles. The Bertz CT molecular complexity index is 1330. The van der Waals surface area contributed by atoms with E-state index in [1.165, 1.54) is 0 Å². The molecule has 1 aliphatic heterocycles. The van der Waals surface area contributed by atoms with Crippen molar-refractivity contribution in [1.29, 1.82) is 0 Å². The Balaban J connectivity index is 1.65. The lowest BCUT2D eigenvalue weighted by molar-refractivity contribution is 0.208. The molecule has 0 atom stereocenters. The van der Waals surface area contributed by atoms with E-state index in [2.05, 4.69) is 71.4 Å². The summed E-state index contributed by atoms with van der Waals surface area (Å²) >= 11 is 0. The first-order valence-electron chi connectivity index (χ1n) is 11.8. The number of hydrogen-bond donors (Lipinski definition) is 1. The van der Waals surface area contributed by atoms with E-state index in [1.54, 1.807) is 17.0 Å². The zero-order chi connectivity index (χ0) is 23.4. The molecule has 0 aliphatic carbocycles. The lowest BCUT2D eigenvalue weighted by Gasteiger charge is -2.37. The largest absolute Gasteiger partial charge is 0.353 e. The maximum absolute atomic E-state index is 16.1. The molecule has 8 heteroatoms. The highest BCUT2D eigenvalue weighted by Crippen LogP contribution is 2.40. The minimum atomic E-state index is -0.229. The monoisotopic (exact) mass is 449 g/mol. The average Bonchev–Trinajstić information content (AvgIpc) is 3.41. The third-order valence-electron chi connectivity index (χ3n) is 7.12. The molecule has 1 N–H and O–H groups in total. The van der Waals surface area contributed by atoms with Gasteiger partial charge in [0.25, 0.3) is 0 Å². The number of anilines is 1. The van der Waals surface area contributed by atoms with Gasteiger partial charge in [-0.15, -0.1) is 0 Å². The number of aromatic nitrogens is 5. The zero-order valence-electron chi connectivity index (χ0n) is 20.3. The van der Waals surface area contributed by atoms with Gasteiger partial charge in [-0.2, -0.15) is 5.10 Å². The van der Waals surface area contributed by atoms with Crippen LogP contribution in [-0.2, 0) is 0 Å². The molecule has 1 fully saturated rings. The summed E-state index contributed by atoms with van der Waals surface area (Å²) in [5.74, 6) is 0.355. The van der Waals surface area contributed by atoms with Crippen LogP contribution in [0.25, 0.3) is 27.8 Å². The van der Waals surface area contributed by atoms with Gasteiger partial charge in [-0.3, -0.25) is 4.90 Å². The zero-order valence-corrected chi connectivity index (χ0v) is 20.3. The fourth-order valence-electron chi connectivity index (χ4n) is 5.08. The quantitative estimate of drug-likeness (QED) is 0.490. The molecule has 4 aromatic heterocycles. The van der Waals surface area contributed by atoms with E-state index in [0.29, 0.717) is 17.2 Å². The maximum Gasteiger partial charge on any atom is 0.175 e. The Morgan fingerprint density at radius 3 is 2.39 bits per heavy atom. The SMILES string of the molecule is Cc1c(-c2[nH]c3cnc(N4CCN(C(C)C)CC4)c(F)c3c2C(C)C)cn2ncnc2c1C. The van der Waals surface area contributed by atoms with E-state index in [4.69, 9.17) is 0 Å². The molecule has 0 aromatic carbocycles. The first-order chi connectivity index (χ1) is 15.8. The summed E-state index contributed by atoms with van der Waals surface area (Å²) in [7, 11) is 0. The minimum Gasteiger partial charge on any atom is -0.353 e. The molecule has 5 rings (SSSR count). The minimum absolute atomic E-state index is 0.127. The lowest BCUT2D eigenvalue weighted by atomic mass is 9.94. The second-order valence-electron chi connectivity index (χ2n) is 9.69. The Kier molecular flexibility index (Phi) is 5.35. The summed E-state index contributed by atoms with van der Waals surface area (Å²) in [4.78, 5) is 16.9. The van der Waals surface area contributed by atoms with Gasteiger partial charge < -0.3 is 9.88 Å². The van der Waals surface area contributed by atoms with Gasteiger partial charge >= 0.3 is 0 Å². The van der Waals surface area contributed by atoms with Crippen molar-refractivity contribution in [2.24, 2.45) is 0 Å². The first-order valence-corrected chi connectivity index (χ1v) is 11.8. The first kappa shape index (κ1) is 21.8. The van der Waals surface area contributed by atoms with Gasteiger partial charge in [0.15, 0.2) is 17.3 Å². The Hall–Kier alpha value is -3.00. The van der Waals surface area contributed by atoms with Crippen LogP contribution in [0.3, 0.4) is 0 Å². The number of pyridine rings is 2. The fourth-order valence-corrected chi connectivity index (χ4v) is 5.08. The van der Waals surface area contributed by atoms with Gasteiger partial charge in [0.2, 0.25) is 0 Å². The van der Waals surface area contributed by atoms with E-state index in [9.17, 15) is 0 Å². The highest BCUT2D eigenvalue weighted by atomic mass is 19.1. The molecule has 1 saturated heterocycles. The van der Waals surface area contributed by atoms with E-state index in [1.807, 2.05) is 6.20 Å². The molecular formula is C25H32FN7. The summed E-state index contributed by atoms with van der Waals surface area (Å²) in [6.07, 6.45) is 5.34. The van der Waals surface area contributed by atoms with Gasteiger partial charge in [0, 0.05) is 49.4 Å². The van der Waals surface area contributed by atoms with Crippen LogP contribution in [0, 0.1) is 19.7 Å². The van der Waals surface area contributed by atoms with Crippen molar-refractivity contribution in [2.75, 3.05) is 31.1 Å². The Labute approximate surface area is 193 Å². The van der Waals surface area contributed by atoms with Crippen molar-refractivity contribution in [1.82, 2.24) is 29.5 Å². The van der Waals surface area contributed by atoms with Crippen LogP contribution in [0.2, 0.25) is 0 Å². The number of H-pyrrole nitrogens is 1. The number of piperazine rings is 1. The van der Waals surface area contributed by atoms with Gasteiger partial charge in [-0.1, -0.05) is 13.8 Å². The van der Waals surface area contributed by atoms with Crippen LogP contribution in [0.4, 0.5) is 10.2 Å². The summed E-state index contributed by atoms with van der Waals surface area (Å²) < 4.78 is 17.9. The molecule has 33 heavy (non-hydrogen) atoms. The number of nitrogens with zero attached hydrogens (tertiary/aromatic N) is 6. The molecule has 1 aliphatic rings. The molecule has 174 valence electrons. The van der Waals surface area contributed by atoms with Crippen molar-refractivity contribution < 1.29 is 4.39 Å². The number of nitrogens with one attached hydrogen (secondary N) is 1. The maximum atomic E-state index is 16.1. The second kappa shape index (κ2) is 8.09. The highest BCUT2D eigenvalue weighted by Gasteiger charge is 2.27. The van der Waals surface area contributed by atoms with Crippen molar-refractivity contribution in [3.8, 4) is 11.3 Å². The normalized spacial score (nSPS) is 15.6. The smallest absolute Gasteiger partial charge is 0.175 e. The standard InChI is InChI=1S/C25H32FN7/c1-14(2)20-21-19(11-27-25(22(21)26)32-9-7-31(8-10-32)15(3)4)30-23(20)18-12-33-24(28-13-29-33)17(6)16(18)5/h11-15,30H,7-10H2,1-6H3. The third-order valence-corrected chi connectivity index (χ3v) is 7.12. The van der Waals surface area contributed by atoms with Crippen molar-refractivity contribution in [3.05, 3.63) is 41.2 Å². The van der Waals surface area contributed by atoms with Crippen molar-refractivity contribution in [3.63, 3.8) is 0 Å². The number of rotatable bonds is 4. The highest BCUT2D eigenvalue weighted by molar-refractivity contribution is 5.94. The summed E-state index contributed by atoms with van der Waals surface area (Å²) in [5.41, 5.74) is 6.68. The number of aryl methyl sites for hydroxylation is 1. The predicted octanol–water partition coefficient (Wildman–Crippen LogP) is 4.68. The molecule has 0 bridgehead atoms. The molecule has 0 radical (unpaired) electrons. The van der Waals surface area contributed by atoms with Crippen molar-refractivity contribution in [2.45, 2.75) is 53.5 Å². The molecule has 0 unspecified atom stereocenters. The van der Waals surface area contributed by atoms with Gasteiger partial charge in [-0.25, -0.2) is 18.9 Å². The van der Waals surface area contributed by atoms with Crippen LogP contribution in [0.15, 0.2) is 18.7 Å². The van der Waals surface area contributed by atoms with Crippen molar-refractivity contribution >= 4 is 22.4 Å². The number of hydrogen-bond acceptors (Lipinski definition) is 5. The van der Waals surface area contributed by atoms with E-state index < -0.39 is 0 Å². The lowest BCUT2D eigenvalue weighted by Crippen LogP contribution is -2.49. The Morgan fingerprint density at radius 2 is 1.73 bits per heavy atom. The van der Waals surface area contributed by atoms with E-state index >= 15 is 4.39 Å². The summed E-state index contributed by atoms with van der Waals surface area (Å²) in [6, 6.07) is 0.501.